The second kappa shape index (κ2) is 6.04. The first-order valence-electron chi connectivity index (χ1n) is 6.62. The lowest BCUT2D eigenvalue weighted by Crippen LogP contribution is -2.06. The lowest BCUT2D eigenvalue weighted by molar-refractivity contribution is 0.626. The van der Waals surface area contributed by atoms with Crippen molar-refractivity contribution in [2.24, 2.45) is 0 Å². The maximum Gasteiger partial charge on any atom is 0.123 e. The van der Waals surface area contributed by atoms with E-state index in [1.54, 1.807) is 12.1 Å². The highest BCUT2D eigenvalue weighted by atomic mass is 35.5. The summed E-state index contributed by atoms with van der Waals surface area (Å²) >= 11 is 11.9. The van der Waals surface area contributed by atoms with Crippen LogP contribution in [0.4, 0.5) is 4.39 Å². The van der Waals surface area contributed by atoms with E-state index in [0.717, 1.165) is 22.4 Å². The molecule has 0 aliphatic carbocycles. The Balaban J connectivity index is 2.06. The van der Waals surface area contributed by atoms with Gasteiger partial charge in [0.2, 0.25) is 0 Å². The highest BCUT2D eigenvalue weighted by Crippen LogP contribution is 2.22. The maximum absolute atomic E-state index is 13.0. The molecule has 3 rings (SSSR count). The number of hydrogen-bond donors (Lipinski definition) is 0. The molecule has 0 aliphatic heterocycles. The van der Waals surface area contributed by atoms with Crippen molar-refractivity contribution in [3.05, 3.63) is 64.7 Å². The smallest absolute Gasteiger partial charge is 0.123 e. The van der Waals surface area contributed by atoms with Gasteiger partial charge in [0.25, 0.3) is 0 Å². The van der Waals surface area contributed by atoms with Gasteiger partial charge in [-0.15, -0.1) is 11.6 Å². The summed E-state index contributed by atoms with van der Waals surface area (Å²) in [6.07, 6.45) is 0.676. The fourth-order valence-electron chi connectivity index (χ4n) is 2.38. The van der Waals surface area contributed by atoms with Crippen molar-refractivity contribution in [3.63, 3.8) is 0 Å². The number of fused-ring (bicyclic) bond motifs is 1. The molecule has 0 saturated carbocycles. The minimum absolute atomic E-state index is 0.234. The Morgan fingerprint density at radius 3 is 2.57 bits per heavy atom. The number of hydrogen-bond acceptors (Lipinski definition) is 1. The van der Waals surface area contributed by atoms with Gasteiger partial charge in [0.05, 0.1) is 11.0 Å². The van der Waals surface area contributed by atoms with E-state index in [2.05, 4.69) is 9.55 Å². The number of benzene rings is 2. The number of halogens is 3. The third-order valence-electron chi connectivity index (χ3n) is 3.36. The molecule has 2 nitrogen and oxygen atoms in total. The van der Waals surface area contributed by atoms with Crippen LogP contribution in [0.2, 0.25) is 5.02 Å². The molecule has 0 amide bonds. The Labute approximate surface area is 132 Å². The minimum Gasteiger partial charge on any atom is -0.323 e. The third kappa shape index (κ3) is 3.04. The average Bonchev–Trinajstić information content (AvgIpc) is 2.79. The maximum atomic E-state index is 13.0. The first kappa shape index (κ1) is 14.4. The lowest BCUT2D eigenvalue weighted by atomic mass is 10.2. The number of nitrogens with zero attached hydrogens (tertiary/aromatic N) is 2. The van der Waals surface area contributed by atoms with Gasteiger partial charge in [0.1, 0.15) is 11.6 Å². The summed E-state index contributed by atoms with van der Waals surface area (Å²) < 4.78 is 15.1. The molecule has 0 saturated heterocycles. The molecular formula is C16H13Cl2FN2. The first-order chi connectivity index (χ1) is 10.2. The number of imidazole rings is 1. The second-order valence-corrected chi connectivity index (χ2v) is 5.63. The fraction of sp³-hybridized carbons (Fsp3) is 0.188. The molecule has 0 bridgehead atoms. The molecule has 0 spiro atoms. The Bertz CT molecular complexity index is 766. The van der Waals surface area contributed by atoms with Crippen LogP contribution in [0.3, 0.4) is 0 Å². The van der Waals surface area contributed by atoms with E-state index < -0.39 is 0 Å². The van der Waals surface area contributed by atoms with Crippen LogP contribution in [0.25, 0.3) is 11.0 Å². The van der Waals surface area contributed by atoms with Gasteiger partial charge in [-0.25, -0.2) is 9.37 Å². The first-order valence-corrected chi connectivity index (χ1v) is 7.53. The highest BCUT2D eigenvalue weighted by Gasteiger charge is 2.11. The van der Waals surface area contributed by atoms with E-state index in [9.17, 15) is 4.39 Å². The number of aromatic nitrogens is 2. The van der Waals surface area contributed by atoms with Gasteiger partial charge in [0, 0.05) is 23.9 Å². The molecule has 1 aromatic heterocycles. The van der Waals surface area contributed by atoms with Crippen molar-refractivity contribution in [3.8, 4) is 0 Å². The predicted molar refractivity (Wildman–Crippen MR) is 84.7 cm³/mol. The molecule has 108 valence electrons. The van der Waals surface area contributed by atoms with Gasteiger partial charge in [-0.05, 0) is 35.9 Å². The number of alkyl halides is 1. The number of aryl methyl sites for hydroxylation is 1. The van der Waals surface area contributed by atoms with E-state index >= 15 is 0 Å². The largest absolute Gasteiger partial charge is 0.323 e. The summed E-state index contributed by atoms with van der Waals surface area (Å²) in [4.78, 5) is 4.60. The molecule has 0 N–H and O–H groups in total. The zero-order valence-electron chi connectivity index (χ0n) is 11.2. The van der Waals surface area contributed by atoms with Crippen LogP contribution in [0.15, 0.2) is 42.5 Å². The molecule has 3 aromatic rings. The highest BCUT2D eigenvalue weighted by molar-refractivity contribution is 6.31. The van der Waals surface area contributed by atoms with Crippen LogP contribution in [0, 0.1) is 5.82 Å². The lowest BCUT2D eigenvalue weighted by Gasteiger charge is -2.09. The normalized spacial score (nSPS) is 11.2. The molecule has 0 unspecified atom stereocenters. The molecule has 21 heavy (non-hydrogen) atoms. The van der Waals surface area contributed by atoms with Crippen molar-refractivity contribution in [1.29, 1.82) is 0 Å². The monoisotopic (exact) mass is 322 g/mol. The van der Waals surface area contributed by atoms with Gasteiger partial charge in [-0.2, -0.15) is 0 Å². The van der Waals surface area contributed by atoms with Crippen molar-refractivity contribution in [2.45, 2.75) is 13.0 Å². The summed E-state index contributed by atoms with van der Waals surface area (Å²) in [5.74, 6) is 1.18. The summed E-state index contributed by atoms with van der Waals surface area (Å²) in [7, 11) is 0. The fourth-order valence-corrected chi connectivity index (χ4v) is 2.71. The van der Waals surface area contributed by atoms with E-state index in [1.807, 2.05) is 18.2 Å². The molecule has 2 aromatic carbocycles. The summed E-state index contributed by atoms with van der Waals surface area (Å²) in [5, 5.41) is 0.659. The molecule has 5 heteroatoms. The quantitative estimate of drug-likeness (QED) is 0.639. The van der Waals surface area contributed by atoms with Crippen LogP contribution < -0.4 is 0 Å². The van der Waals surface area contributed by atoms with Crippen LogP contribution in [0.5, 0.6) is 0 Å². The van der Waals surface area contributed by atoms with E-state index in [1.165, 1.54) is 12.1 Å². The van der Waals surface area contributed by atoms with Gasteiger partial charge in [0.15, 0.2) is 0 Å². The Morgan fingerprint density at radius 1 is 1.10 bits per heavy atom. The Hall–Kier alpha value is -1.58. The van der Waals surface area contributed by atoms with Crippen LogP contribution >= 0.6 is 23.2 Å². The minimum atomic E-state index is -0.234. The Morgan fingerprint density at radius 2 is 1.86 bits per heavy atom. The topological polar surface area (TPSA) is 17.8 Å². The van der Waals surface area contributed by atoms with Crippen molar-refractivity contribution in [1.82, 2.24) is 9.55 Å². The molecule has 0 atom stereocenters. The van der Waals surface area contributed by atoms with Crippen molar-refractivity contribution < 1.29 is 4.39 Å². The van der Waals surface area contributed by atoms with E-state index in [4.69, 9.17) is 23.2 Å². The van der Waals surface area contributed by atoms with E-state index in [-0.39, 0.29) is 5.82 Å². The van der Waals surface area contributed by atoms with Gasteiger partial charge in [-0.1, -0.05) is 23.7 Å². The Kier molecular flexibility index (Phi) is 4.13. The van der Waals surface area contributed by atoms with Crippen molar-refractivity contribution >= 4 is 34.2 Å². The van der Waals surface area contributed by atoms with E-state index in [0.29, 0.717) is 23.9 Å². The standard InChI is InChI=1S/C16H13Cl2FN2/c17-8-7-16-20-14-9-12(18)3-6-15(14)21(16)10-11-1-4-13(19)5-2-11/h1-6,9H,7-8,10H2. The van der Waals surface area contributed by atoms with Gasteiger partial charge < -0.3 is 4.57 Å². The molecule has 1 heterocycles. The molecule has 0 aliphatic rings. The molecule has 0 fully saturated rings. The van der Waals surface area contributed by atoms with Gasteiger partial charge in [-0.3, -0.25) is 0 Å². The second-order valence-electron chi connectivity index (χ2n) is 4.81. The zero-order chi connectivity index (χ0) is 14.8. The van der Waals surface area contributed by atoms with Crippen LogP contribution in [0.1, 0.15) is 11.4 Å². The van der Waals surface area contributed by atoms with Crippen LogP contribution in [-0.2, 0) is 13.0 Å². The summed E-state index contributed by atoms with van der Waals surface area (Å²) in [5.41, 5.74) is 2.87. The average molecular weight is 323 g/mol. The van der Waals surface area contributed by atoms with Gasteiger partial charge >= 0.3 is 0 Å². The summed E-state index contributed by atoms with van der Waals surface area (Å²) in [6.45, 7) is 0.630. The van der Waals surface area contributed by atoms with Crippen LogP contribution in [-0.4, -0.2) is 15.4 Å². The zero-order valence-corrected chi connectivity index (χ0v) is 12.7. The molecular weight excluding hydrogens is 310 g/mol. The summed E-state index contributed by atoms with van der Waals surface area (Å²) in [6, 6.07) is 12.1. The molecule has 0 radical (unpaired) electrons. The third-order valence-corrected chi connectivity index (χ3v) is 3.79. The predicted octanol–water partition coefficient (Wildman–Crippen LogP) is 4.66. The SMILES string of the molecule is Fc1ccc(Cn2c(CCCl)nc3cc(Cl)ccc32)cc1. The number of rotatable bonds is 4. The van der Waals surface area contributed by atoms with Crippen molar-refractivity contribution in [2.75, 3.05) is 5.88 Å².